The normalized spacial score (nSPS) is 10.5. The van der Waals surface area contributed by atoms with E-state index >= 15 is 0 Å². The van der Waals surface area contributed by atoms with E-state index in [1.165, 1.54) is 0 Å². The number of amides is 4. The van der Waals surface area contributed by atoms with E-state index in [4.69, 9.17) is 0 Å². The molecule has 8 heteroatoms. The van der Waals surface area contributed by atoms with Crippen molar-refractivity contribution in [3.63, 3.8) is 0 Å². The number of carbonyl (C=O) groups is 4. The molecule has 0 saturated heterocycles. The molecule has 4 amide bonds. The summed E-state index contributed by atoms with van der Waals surface area (Å²) >= 11 is 0. The molecule has 0 bridgehead atoms. The Labute approximate surface area is 252 Å². The molecule has 0 fully saturated rings. The maximum Gasteiger partial charge on any atom is 0.260 e. The van der Waals surface area contributed by atoms with E-state index in [0.717, 1.165) is 11.4 Å². The van der Waals surface area contributed by atoms with Crippen LogP contribution in [-0.2, 0) is 9.59 Å². The molecule has 0 saturated carbocycles. The molecule has 0 atom stereocenters. The summed E-state index contributed by atoms with van der Waals surface area (Å²) in [4.78, 5) is 55.6. The van der Waals surface area contributed by atoms with Gasteiger partial charge >= 0.3 is 0 Å². The Morgan fingerprint density at radius 3 is 1.23 bits per heavy atom. The molecule has 0 aliphatic rings. The third kappa shape index (κ3) is 7.95. The lowest BCUT2D eigenvalue weighted by Crippen LogP contribution is -2.31. The van der Waals surface area contributed by atoms with Gasteiger partial charge in [-0.1, -0.05) is 60.7 Å². The van der Waals surface area contributed by atoms with Crippen LogP contribution < -0.4 is 20.4 Å². The van der Waals surface area contributed by atoms with Gasteiger partial charge in [0.1, 0.15) is 0 Å². The number of hydrogen-bond acceptors (Lipinski definition) is 4. The van der Waals surface area contributed by atoms with Crippen LogP contribution >= 0.6 is 0 Å². The highest BCUT2D eigenvalue weighted by molar-refractivity contribution is 6.12. The van der Waals surface area contributed by atoms with Gasteiger partial charge in [-0.15, -0.1) is 0 Å². The Morgan fingerprint density at radius 1 is 0.512 bits per heavy atom. The largest absolute Gasteiger partial charge is 0.325 e. The molecule has 220 valence electrons. The summed E-state index contributed by atoms with van der Waals surface area (Å²) in [6, 6.07) is 32.5. The van der Waals surface area contributed by atoms with Crippen LogP contribution in [0, 0.1) is 0 Å². The number of nitrogens with one attached hydrogen (secondary N) is 2. The van der Waals surface area contributed by atoms with Crippen LogP contribution in [0.3, 0.4) is 0 Å². The topological polar surface area (TPSA) is 98.8 Å². The lowest BCUT2D eigenvalue weighted by atomic mass is 10.1. The summed E-state index contributed by atoms with van der Waals surface area (Å²) < 4.78 is 0. The maximum atomic E-state index is 13.4. The SMILES string of the molecule is CCN(C(=O)c1ccccc1NC(=O)CCCC(=O)Nc1ccccc1C(=O)N(CC)c1ccccc1)c1ccccc1. The van der Waals surface area contributed by atoms with Crippen molar-refractivity contribution in [1.29, 1.82) is 0 Å². The summed E-state index contributed by atoms with van der Waals surface area (Å²) in [5.74, 6) is -1.03. The van der Waals surface area contributed by atoms with Crippen LogP contribution in [0.5, 0.6) is 0 Å². The average molecular weight is 577 g/mol. The van der Waals surface area contributed by atoms with Crippen LogP contribution in [0.2, 0.25) is 0 Å². The van der Waals surface area contributed by atoms with Crippen molar-refractivity contribution in [3.05, 3.63) is 120 Å². The highest BCUT2D eigenvalue weighted by atomic mass is 16.2. The fourth-order valence-electron chi connectivity index (χ4n) is 4.79. The number of hydrogen-bond donors (Lipinski definition) is 2. The van der Waals surface area contributed by atoms with E-state index < -0.39 is 0 Å². The molecule has 0 unspecified atom stereocenters. The van der Waals surface area contributed by atoms with Crippen molar-refractivity contribution in [1.82, 2.24) is 0 Å². The predicted molar refractivity (Wildman–Crippen MR) is 172 cm³/mol. The summed E-state index contributed by atoms with van der Waals surface area (Å²) in [6.45, 7) is 4.73. The van der Waals surface area contributed by atoms with E-state index in [0.29, 0.717) is 42.0 Å². The zero-order valence-corrected chi connectivity index (χ0v) is 24.5. The second-order valence-corrected chi connectivity index (χ2v) is 9.81. The van der Waals surface area contributed by atoms with Crippen molar-refractivity contribution in [2.45, 2.75) is 33.1 Å². The summed E-state index contributed by atoms with van der Waals surface area (Å²) in [5.41, 5.74) is 3.15. The predicted octanol–water partition coefficient (Wildman–Crippen LogP) is 6.77. The molecule has 0 heterocycles. The Morgan fingerprint density at radius 2 is 0.860 bits per heavy atom. The molecule has 0 aliphatic carbocycles. The molecule has 2 N–H and O–H groups in total. The molecule has 0 aromatic heterocycles. The highest BCUT2D eigenvalue weighted by Crippen LogP contribution is 2.24. The number of nitrogens with zero attached hydrogens (tertiary/aromatic N) is 2. The minimum absolute atomic E-state index is 0.0876. The van der Waals surface area contributed by atoms with Crippen molar-refractivity contribution < 1.29 is 19.2 Å². The molecular weight excluding hydrogens is 540 g/mol. The van der Waals surface area contributed by atoms with Crippen molar-refractivity contribution in [2.75, 3.05) is 33.5 Å². The molecule has 4 aromatic rings. The summed E-state index contributed by atoms with van der Waals surface area (Å²) in [5, 5.41) is 5.67. The van der Waals surface area contributed by atoms with Crippen LogP contribution in [0.1, 0.15) is 53.8 Å². The van der Waals surface area contributed by atoms with Gasteiger partial charge in [-0.2, -0.15) is 0 Å². The lowest BCUT2D eigenvalue weighted by molar-refractivity contribution is -0.117. The number of benzene rings is 4. The monoisotopic (exact) mass is 576 g/mol. The Balaban J connectivity index is 1.34. The first-order valence-electron chi connectivity index (χ1n) is 14.4. The van der Waals surface area contributed by atoms with Crippen LogP contribution in [-0.4, -0.2) is 36.7 Å². The van der Waals surface area contributed by atoms with Crippen LogP contribution in [0.15, 0.2) is 109 Å². The molecule has 0 aliphatic heterocycles. The van der Waals surface area contributed by atoms with E-state index in [9.17, 15) is 19.2 Å². The van der Waals surface area contributed by atoms with Crippen molar-refractivity contribution in [2.24, 2.45) is 0 Å². The first-order valence-corrected chi connectivity index (χ1v) is 14.4. The van der Waals surface area contributed by atoms with Gasteiger partial charge in [-0.25, -0.2) is 0 Å². The van der Waals surface area contributed by atoms with Gasteiger partial charge in [0.2, 0.25) is 11.8 Å². The number of rotatable bonds is 12. The van der Waals surface area contributed by atoms with E-state index in [1.807, 2.05) is 74.5 Å². The number of para-hydroxylation sites is 4. The quantitative estimate of drug-likeness (QED) is 0.195. The van der Waals surface area contributed by atoms with E-state index in [-0.39, 0.29) is 36.5 Å². The third-order valence-electron chi connectivity index (χ3n) is 6.93. The molecule has 4 rings (SSSR count). The van der Waals surface area contributed by atoms with Gasteiger partial charge in [0.05, 0.1) is 22.5 Å². The Hall–Kier alpha value is -5.24. The smallest absolute Gasteiger partial charge is 0.260 e. The second kappa shape index (κ2) is 15.1. The van der Waals surface area contributed by atoms with Gasteiger partial charge in [0.15, 0.2) is 0 Å². The zero-order valence-electron chi connectivity index (χ0n) is 24.5. The van der Waals surface area contributed by atoms with Crippen LogP contribution in [0.4, 0.5) is 22.7 Å². The van der Waals surface area contributed by atoms with E-state index in [2.05, 4.69) is 10.6 Å². The van der Waals surface area contributed by atoms with E-state index in [1.54, 1.807) is 58.3 Å². The maximum absolute atomic E-state index is 13.4. The Kier molecular flexibility index (Phi) is 10.8. The fraction of sp³-hybridized carbons (Fsp3) is 0.200. The minimum atomic E-state index is -0.298. The molecular formula is C35H36N4O4. The van der Waals surface area contributed by atoms with Gasteiger partial charge in [-0.3, -0.25) is 19.2 Å². The Bertz CT molecular complexity index is 1440. The first-order chi connectivity index (χ1) is 20.9. The molecule has 0 spiro atoms. The molecule has 43 heavy (non-hydrogen) atoms. The molecule has 8 nitrogen and oxygen atoms in total. The number of anilines is 4. The summed E-state index contributed by atoms with van der Waals surface area (Å²) in [6.07, 6.45) is 0.467. The lowest BCUT2D eigenvalue weighted by Gasteiger charge is -2.22. The average Bonchev–Trinajstić information content (AvgIpc) is 3.03. The zero-order chi connectivity index (χ0) is 30.6. The number of carbonyl (C=O) groups excluding carboxylic acids is 4. The standard InChI is InChI=1S/C35H36N4O4/c1-3-38(26-16-7-5-8-17-26)34(42)28-20-11-13-22-30(28)36-32(40)24-15-25-33(41)37-31-23-14-12-21-29(31)35(43)39(4-2)27-18-9-6-10-19-27/h5-14,16-23H,3-4,15,24-25H2,1-2H3,(H,36,40)(H,37,41). The third-order valence-corrected chi connectivity index (χ3v) is 6.93. The van der Waals surface area contributed by atoms with Crippen molar-refractivity contribution >= 4 is 46.4 Å². The summed E-state index contributed by atoms with van der Waals surface area (Å²) in [7, 11) is 0. The second-order valence-electron chi connectivity index (χ2n) is 9.81. The van der Waals surface area contributed by atoms with Gasteiger partial charge in [0, 0.05) is 37.3 Å². The first kappa shape index (κ1) is 30.7. The van der Waals surface area contributed by atoms with Gasteiger partial charge in [0.25, 0.3) is 11.8 Å². The highest BCUT2D eigenvalue weighted by Gasteiger charge is 2.21. The van der Waals surface area contributed by atoms with Crippen LogP contribution in [0.25, 0.3) is 0 Å². The molecule has 0 radical (unpaired) electrons. The fourth-order valence-corrected chi connectivity index (χ4v) is 4.79. The van der Waals surface area contributed by atoms with Crippen molar-refractivity contribution in [3.8, 4) is 0 Å². The minimum Gasteiger partial charge on any atom is -0.325 e. The molecule has 4 aromatic carbocycles. The van der Waals surface area contributed by atoms with Gasteiger partial charge in [-0.05, 0) is 68.8 Å². The van der Waals surface area contributed by atoms with Gasteiger partial charge < -0.3 is 20.4 Å².